The molecule has 0 unspecified atom stereocenters. The number of guanidine groups is 1. The molecule has 2 rings (SSSR count). The van der Waals surface area contributed by atoms with Crippen LogP contribution in [0.5, 0.6) is 0 Å². The molecule has 2 N–H and O–H groups in total. The summed E-state index contributed by atoms with van der Waals surface area (Å²) in [6, 6.07) is 7.81. The second kappa shape index (κ2) is 11.9. The highest BCUT2D eigenvalue weighted by Gasteiger charge is 2.00. The molecule has 1 aromatic carbocycles. The number of halogens is 2. The third-order valence-electron chi connectivity index (χ3n) is 2.82. The van der Waals surface area contributed by atoms with Gasteiger partial charge in [-0.15, -0.1) is 35.3 Å². The second-order valence-electron chi connectivity index (χ2n) is 4.48. The summed E-state index contributed by atoms with van der Waals surface area (Å²) in [4.78, 5) is 8.47. The summed E-state index contributed by atoms with van der Waals surface area (Å²) in [5, 5.41) is 9.34. The monoisotopic (exact) mass is 482 g/mol. The fourth-order valence-corrected chi connectivity index (χ4v) is 3.63. The molecule has 0 aliphatic rings. The van der Waals surface area contributed by atoms with Gasteiger partial charge in [0.05, 0.1) is 0 Å². The Morgan fingerprint density at radius 3 is 2.96 bits per heavy atom. The van der Waals surface area contributed by atoms with Gasteiger partial charge in [0, 0.05) is 42.5 Å². The van der Waals surface area contributed by atoms with Crippen LogP contribution in [0.4, 0.5) is 0 Å². The van der Waals surface area contributed by atoms with Crippen LogP contribution in [-0.2, 0) is 6.54 Å². The van der Waals surface area contributed by atoms with E-state index in [1.165, 1.54) is 0 Å². The van der Waals surface area contributed by atoms with Gasteiger partial charge in [0.2, 0.25) is 0 Å². The standard InChI is InChI=1S/C15H19ClN4S2.HI/c1-17-14(20-11-12-4-2-5-13(16)10-12)18-6-3-8-21-15-19-7-9-22-15;/h2,4-5,7,9-10H,3,6,8,11H2,1H3,(H2,17,18,20);1H. The molecule has 0 fully saturated rings. The molecular weight excluding hydrogens is 463 g/mol. The van der Waals surface area contributed by atoms with Crippen LogP contribution in [0.3, 0.4) is 0 Å². The maximum atomic E-state index is 5.97. The largest absolute Gasteiger partial charge is 0.356 e. The maximum absolute atomic E-state index is 5.97. The Morgan fingerprint density at radius 1 is 1.39 bits per heavy atom. The molecule has 8 heteroatoms. The highest BCUT2D eigenvalue weighted by Crippen LogP contribution is 2.20. The van der Waals surface area contributed by atoms with Crippen molar-refractivity contribution in [2.24, 2.45) is 4.99 Å². The van der Waals surface area contributed by atoms with E-state index in [0.717, 1.165) is 39.6 Å². The van der Waals surface area contributed by atoms with E-state index in [2.05, 4.69) is 20.6 Å². The van der Waals surface area contributed by atoms with Gasteiger partial charge in [0.1, 0.15) is 4.34 Å². The fourth-order valence-electron chi connectivity index (χ4n) is 1.77. The Labute approximate surface area is 167 Å². The van der Waals surface area contributed by atoms with Gasteiger partial charge in [-0.3, -0.25) is 4.99 Å². The van der Waals surface area contributed by atoms with Gasteiger partial charge >= 0.3 is 0 Å². The van der Waals surface area contributed by atoms with Crippen LogP contribution in [0.25, 0.3) is 0 Å². The van der Waals surface area contributed by atoms with Crippen LogP contribution in [0.15, 0.2) is 45.2 Å². The zero-order valence-electron chi connectivity index (χ0n) is 12.8. The molecule has 1 aromatic heterocycles. The lowest BCUT2D eigenvalue weighted by Gasteiger charge is -2.11. The zero-order valence-corrected chi connectivity index (χ0v) is 17.5. The normalized spacial score (nSPS) is 11.0. The quantitative estimate of drug-likeness (QED) is 0.204. The van der Waals surface area contributed by atoms with E-state index < -0.39 is 0 Å². The third kappa shape index (κ3) is 8.23. The van der Waals surface area contributed by atoms with Gasteiger partial charge in [-0.1, -0.05) is 35.5 Å². The van der Waals surface area contributed by atoms with E-state index in [1.54, 1.807) is 30.1 Å². The van der Waals surface area contributed by atoms with Crippen molar-refractivity contribution in [2.75, 3.05) is 19.3 Å². The number of aliphatic imine (C=N–C) groups is 1. The van der Waals surface area contributed by atoms with Crippen molar-refractivity contribution in [3.63, 3.8) is 0 Å². The summed E-state index contributed by atoms with van der Waals surface area (Å²) in [6.45, 7) is 1.59. The van der Waals surface area contributed by atoms with Crippen LogP contribution in [0, 0.1) is 0 Å². The van der Waals surface area contributed by atoms with Crippen molar-refractivity contribution >= 4 is 64.6 Å². The first-order chi connectivity index (χ1) is 10.8. The number of rotatable bonds is 7. The Morgan fingerprint density at radius 2 is 2.26 bits per heavy atom. The topological polar surface area (TPSA) is 49.3 Å². The van der Waals surface area contributed by atoms with Gasteiger partial charge in [0.15, 0.2) is 5.96 Å². The lowest BCUT2D eigenvalue weighted by molar-refractivity contribution is 0.785. The molecule has 4 nitrogen and oxygen atoms in total. The molecule has 1 heterocycles. The molecule has 0 saturated heterocycles. The molecule has 2 aromatic rings. The highest BCUT2D eigenvalue weighted by atomic mass is 127. The Hall–Kier alpha value is -0.510. The molecule has 0 amide bonds. The average Bonchev–Trinajstić information content (AvgIpc) is 3.03. The summed E-state index contributed by atoms with van der Waals surface area (Å²) < 4.78 is 1.13. The Bertz CT molecular complexity index is 593. The van der Waals surface area contributed by atoms with Crippen molar-refractivity contribution in [1.29, 1.82) is 0 Å². The zero-order chi connectivity index (χ0) is 15.6. The summed E-state index contributed by atoms with van der Waals surface area (Å²) in [5.41, 5.74) is 1.13. The third-order valence-corrected chi connectivity index (χ3v) is 5.11. The van der Waals surface area contributed by atoms with Gasteiger partial charge in [-0.2, -0.15) is 0 Å². The predicted molar refractivity (Wildman–Crippen MR) is 113 cm³/mol. The first kappa shape index (κ1) is 20.5. The van der Waals surface area contributed by atoms with E-state index in [1.807, 2.05) is 35.8 Å². The number of thioether (sulfide) groups is 1. The van der Waals surface area contributed by atoms with Crippen LogP contribution in [0.2, 0.25) is 5.02 Å². The molecule has 0 atom stereocenters. The molecule has 23 heavy (non-hydrogen) atoms. The number of benzene rings is 1. The predicted octanol–water partition coefficient (Wildman–Crippen LogP) is 4.26. The lowest BCUT2D eigenvalue weighted by Crippen LogP contribution is -2.37. The second-order valence-corrected chi connectivity index (χ2v) is 7.16. The van der Waals surface area contributed by atoms with Crippen LogP contribution in [-0.4, -0.2) is 30.3 Å². The van der Waals surface area contributed by atoms with E-state index in [-0.39, 0.29) is 24.0 Å². The van der Waals surface area contributed by atoms with E-state index >= 15 is 0 Å². The van der Waals surface area contributed by atoms with E-state index in [9.17, 15) is 0 Å². The Kier molecular flexibility index (Phi) is 10.7. The summed E-state index contributed by atoms with van der Waals surface area (Å²) in [7, 11) is 1.78. The number of hydrogen-bond donors (Lipinski definition) is 2. The maximum Gasteiger partial charge on any atom is 0.191 e. The number of nitrogens with zero attached hydrogens (tertiary/aromatic N) is 2. The number of nitrogens with one attached hydrogen (secondary N) is 2. The van der Waals surface area contributed by atoms with E-state index in [0.29, 0.717) is 6.54 Å². The van der Waals surface area contributed by atoms with E-state index in [4.69, 9.17) is 11.6 Å². The minimum atomic E-state index is 0. The summed E-state index contributed by atoms with van der Waals surface area (Å²) >= 11 is 9.45. The molecule has 0 saturated carbocycles. The molecule has 0 spiro atoms. The van der Waals surface area contributed by atoms with Crippen LogP contribution in [0.1, 0.15) is 12.0 Å². The average molecular weight is 483 g/mol. The molecule has 0 bridgehead atoms. The highest BCUT2D eigenvalue weighted by molar-refractivity contribution is 14.0. The number of hydrogen-bond acceptors (Lipinski definition) is 4. The molecule has 0 radical (unpaired) electrons. The first-order valence-corrected chi connectivity index (χ1v) is 9.23. The van der Waals surface area contributed by atoms with Crippen LogP contribution < -0.4 is 10.6 Å². The van der Waals surface area contributed by atoms with Gasteiger partial charge < -0.3 is 10.6 Å². The summed E-state index contributed by atoms with van der Waals surface area (Å²) in [5.74, 6) is 1.85. The van der Waals surface area contributed by atoms with Crippen LogP contribution >= 0.6 is 58.7 Å². The molecule has 126 valence electrons. The van der Waals surface area contributed by atoms with Crippen molar-refractivity contribution in [1.82, 2.24) is 15.6 Å². The molecule has 0 aliphatic heterocycles. The minimum Gasteiger partial charge on any atom is -0.356 e. The van der Waals surface area contributed by atoms with Crippen molar-refractivity contribution < 1.29 is 0 Å². The van der Waals surface area contributed by atoms with Gasteiger partial charge in [0.25, 0.3) is 0 Å². The SMILES string of the molecule is CN=C(NCCCSc1nccs1)NCc1cccc(Cl)c1.I. The number of thiazole rings is 1. The lowest BCUT2D eigenvalue weighted by atomic mass is 10.2. The number of aromatic nitrogens is 1. The smallest absolute Gasteiger partial charge is 0.191 e. The molecular formula is C15H20ClIN4S2. The minimum absolute atomic E-state index is 0. The fraction of sp³-hybridized carbons (Fsp3) is 0.333. The van der Waals surface area contributed by atoms with Crippen molar-refractivity contribution in [3.05, 3.63) is 46.4 Å². The van der Waals surface area contributed by atoms with Crippen molar-refractivity contribution in [2.45, 2.75) is 17.3 Å². The first-order valence-electron chi connectivity index (χ1n) is 6.99. The van der Waals surface area contributed by atoms with Crippen molar-refractivity contribution in [3.8, 4) is 0 Å². The Balaban J connectivity index is 0.00000264. The molecule has 0 aliphatic carbocycles. The van der Waals surface area contributed by atoms with Gasteiger partial charge in [-0.05, 0) is 24.1 Å². The summed E-state index contributed by atoms with van der Waals surface area (Å²) in [6.07, 6.45) is 2.90. The van der Waals surface area contributed by atoms with Gasteiger partial charge in [-0.25, -0.2) is 4.98 Å².